The average molecular weight is 369 g/mol. The zero-order valence-electron chi connectivity index (χ0n) is 13.7. The van der Waals surface area contributed by atoms with Crippen LogP contribution in [0.25, 0.3) is 10.8 Å². The number of halogens is 2. The van der Waals surface area contributed by atoms with Gasteiger partial charge >= 0.3 is 0 Å². The van der Waals surface area contributed by atoms with Gasteiger partial charge in [0.15, 0.2) is 5.63 Å². The van der Waals surface area contributed by atoms with Crippen molar-refractivity contribution in [1.82, 2.24) is 0 Å². The van der Waals surface area contributed by atoms with Gasteiger partial charge in [-0.15, -0.1) is 0 Å². The Morgan fingerprint density at radius 1 is 1.29 bits per heavy atom. The minimum absolute atomic E-state index is 0.557. The molecule has 0 aromatic heterocycles. The summed E-state index contributed by atoms with van der Waals surface area (Å²) < 4.78 is 19.0. The molecule has 2 nitrogen and oxygen atoms in total. The largest absolute Gasteiger partial charge is 0.370 e. The molecule has 0 radical (unpaired) electrons. The zero-order valence-corrected chi connectivity index (χ0v) is 15.3. The highest BCUT2D eigenvalue weighted by molar-refractivity contribution is 7.99. The Hall–Kier alpha value is -1.10. The standard InChI is InChI=1S/C19H22ClFO2S/c1-2-3-4-10-23-13-24-18-7-5-6-14-11-15(8-9-16(14)18)17(12-22)19(20)21/h5-9,11-12,17,19H,2-4,10,13H2,1H3. The fourth-order valence-corrected chi connectivity index (χ4v) is 3.56. The topological polar surface area (TPSA) is 26.3 Å². The summed E-state index contributed by atoms with van der Waals surface area (Å²) in [7, 11) is 0. The van der Waals surface area contributed by atoms with Crippen LogP contribution in [-0.4, -0.2) is 24.5 Å². The van der Waals surface area contributed by atoms with E-state index in [9.17, 15) is 9.18 Å². The molecule has 0 bridgehead atoms. The van der Waals surface area contributed by atoms with E-state index in [0.29, 0.717) is 17.8 Å². The predicted octanol–water partition coefficient (Wildman–Crippen LogP) is 5.91. The second-order valence-electron chi connectivity index (χ2n) is 5.61. The molecule has 5 heteroatoms. The molecular formula is C19H22ClFO2S. The van der Waals surface area contributed by atoms with Crippen molar-refractivity contribution < 1.29 is 13.9 Å². The van der Waals surface area contributed by atoms with Crippen molar-refractivity contribution in [3.05, 3.63) is 42.0 Å². The molecule has 0 heterocycles. The number of thioether (sulfide) groups is 1. The molecule has 0 saturated heterocycles. The summed E-state index contributed by atoms with van der Waals surface area (Å²) >= 11 is 7.11. The van der Waals surface area contributed by atoms with Crippen LogP contribution in [0.15, 0.2) is 41.3 Å². The van der Waals surface area contributed by atoms with Gasteiger partial charge in [-0.25, -0.2) is 4.39 Å². The number of fused-ring (bicyclic) bond motifs is 1. The summed E-state index contributed by atoms with van der Waals surface area (Å²) in [5.41, 5.74) is -1.12. The number of hydrogen-bond acceptors (Lipinski definition) is 3. The minimum Gasteiger partial charge on any atom is -0.370 e. The van der Waals surface area contributed by atoms with Gasteiger partial charge in [-0.05, 0) is 28.8 Å². The Labute approximate surface area is 151 Å². The van der Waals surface area contributed by atoms with Crippen molar-refractivity contribution in [2.45, 2.75) is 42.6 Å². The Morgan fingerprint density at radius 2 is 2.12 bits per heavy atom. The maximum atomic E-state index is 13.3. The molecule has 0 amide bonds. The zero-order chi connectivity index (χ0) is 17.4. The van der Waals surface area contributed by atoms with Gasteiger partial charge < -0.3 is 9.53 Å². The maximum Gasteiger partial charge on any atom is 0.186 e. The van der Waals surface area contributed by atoms with Crippen molar-refractivity contribution in [3.8, 4) is 0 Å². The number of alkyl halides is 2. The first kappa shape index (κ1) is 19.2. The molecule has 0 aliphatic heterocycles. The number of aldehydes is 1. The van der Waals surface area contributed by atoms with Gasteiger partial charge in [0, 0.05) is 11.5 Å². The SMILES string of the molecule is CCCCCOCSc1cccc2cc(C(C=O)C(F)Cl)ccc12. The third-order valence-electron chi connectivity index (χ3n) is 3.86. The van der Waals surface area contributed by atoms with E-state index in [0.717, 1.165) is 28.7 Å². The summed E-state index contributed by atoms with van der Waals surface area (Å²) in [6.45, 7) is 2.95. The molecule has 0 aliphatic rings. The molecule has 24 heavy (non-hydrogen) atoms. The van der Waals surface area contributed by atoms with Crippen molar-refractivity contribution in [2.75, 3.05) is 12.5 Å². The van der Waals surface area contributed by atoms with E-state index >= 15 is 0 Å². The van der Waals surface area contributed by atoms with Crippen molar-refractivity contribution in [3.63, 3.8) is 0 Å². The van der Waals surface area contributed by atoms with Crippen LogP contribution in [-0.2, 0) is 9.53 Å². The lowest BCUT2D eigenvalue weighted by molar-refractivity contribution is -0.109. The van der Waals surface area contributed by atoms with E-state index in [1.165, 1.54) is 12.8 Å². The first-order valence-corrected chi connectivity index (χ1v) is 9.56. The van der Waals surface area contributed by atoms with Crippen LogP contribution in [0.4, 0.5) is 4.39 Å². The van der Waals surface area contributed by atoms with E-state index in [2.05, 4.69) is 6.92 Å². The number of hydrogen-bond donors (Lipinski definition) is 0. The van der Waals surface area contributed by atoms with Crippen molar-refractivity contribution in [2.24, 2.45) is 0 Å². The van der Waals surface area contributed by atoms with Gasteiger partial charge in [-0.3, -0.25) is 0 Å². The average Bonchev–Trinajstić information content (AvgIpc) is 2.58. The molecule has 2 rings (SSSR count). The van der Waals surface area contributed by atoms with Gasteiger partial charge in [0.05, 0.1) is 11.9 Å². The van der Waals surface area contributed by atoms with E-state index < -0.39 is 11.5 Å². The summed E-state index contributed by atoms with van der Waals surface area (Å²) in [6, 6.07) is 11.5. The molecular weight excluding hydrogens is 347 g/mol. The van der Waals surface area contributed by atoms with Gasteiger partial charge in [-0.2, -0.15) is 0 Å². The fraction of sp³-hybridized carbons (Fsp3) is 0.421. The van der Waals surface area contributed by atoms with Gasteiger partial charge in [0.1, 0.15) is 6.29 Å². The van der Waals surface area contributed by atoms with Crippen LogP contribution in [0.3, 0.4) is 0 Å². The lowest BCUT2D eigenvalue weighted by Gasteiger charge is -2.13. The molecule has 0 N–H and O–H groups in total. The third kappa shape index (κ3) is 5.20. The summed E-state index contributed by atoms with van der Waals surface area (Å²) in [5, 5.41) is 2.03. The van der Waals surface area contributed by atoms with E-state index in [-0.39, 0.29) is 0 Å². The molecule has 2 aromatic carbocycles. The van der Waals surface area contributed by atoms with Crippen LogP contribution < -0.4 is 0 Å². The maximum absolute atomic E-state index is 13.3. The molecule has 0 fully saturated rings. The Morgan fingerprint density at radius 3 is 2.83 bits per heavy atom. The lowest BCUT2D eigenvalue weighted by Crippen LogP contribution is -2.09. The first-order chi connectivity index (χ1) is 11.7. The van der Waals surface area contributed by atoms with Crippen LogP contribution in [0.5, 0.6) is 0 Å². The molecule has 0 spiro atoms. The predicted molar refractivity (Wildman–Crippen MR) is 99.7 cm³/mol. The Balaban J connectivity index is 2.08. The highest BCUT2D eigenvalue weighted by Gasteiger charge is 2.20. The van der Waals surface area contributed by atoms with Crippen LogP contribution in [0, 0.1) is 0 Å². The number of rotatable bonds is 10. The number of carbonyl (C=O) groups excluding carboxylic acids is 1. The van der Waals surface area contributed by atoms with E-state index in [1.54, 1.807) is 17.8 Å². The normalized spacial score (nSPS) is 13.8. The highest BCUT2D eigenvalue weighted by Crippen LogP contribution is 2.31. The van der Waals surface area contributed by atoms with Crippen LogP contribution >= 0.6 is 23.4 Å². The molecule has 2 unspecified atom stereocenters. The second-order valence-corrected chi connectivity index (χ2v) is 6.99. The number of unbranched alkanes of at least 4 members (excludes halogenated alkanes) is 2. The van der Waals surface area contributed by atoms with Crippen LogP contribution in [0.1, 0.15) is 37.7 Å². The van der Waals surface area contributed by atoms with Crippen molar-refractivity contribution >= 4 is 40.4 Å². The summed E-state index contributed by atoms with van der Waals surface area (Å²) in [6.07, 6.45) is 4.02. The number of ether oxygens (including phenoxy) is 1. The lowest BCUT2D eigenvalue weighted by atomic mass is 9.98. The highest BCUT2D eigenvalue weighted by atomic mass is 35.5. The molecule has 2 aromatic rings. The van der Waals surface area contributed by atoms with Gasteiger partial charge in [-0.1, -0.05) is 73.5 Å². The number of carbonyl (C=O) groups is 1. The first-order valence-electron chi connectivity index (χ1n) is 8.14. The van der Waals surface area contributed by atoms with E-state index in [1.807, 2.05) is 30.3 Å². The van der Waals surface area contributed by atoms with Crippen LogP contribution in [0.2, 0.25) is 0 Å². The summed E-state index contributed by atoms with van der Waals surface area (Å²) in [4.78, 5) is 12.2. The monoisotopic (exact) mass is 368 g/mol. The molecule has 2 atom stereocenters. The van der Waals surface area contributed by atoms with Gasteiger partial charge in [0.25, 0.3) is 0 Å². The summed E-state index contributed by atoms with van der Waals surface area (Å²) in [5.74, 6) is -0.329. The van der Waals surface area contributed by atoms with Crippen molar-refractivity contribution in [1.29, 1.82) is 0 Å². The Kier molecular flexibility index (Phi) is 8.03. The molecule has 130 valence electrons. The Bertz CT molecular complexity index is 663. The fourth-order valence-electron chi connectivity index (χ4n) is 2.51. The van der Waals surface area contributed by atoms with E-state index in [4.69, 9.17) is 16.3 Å². The number of benzene rings is 2. The quantitative estimate of drug-likeness (QED) is 0.171. The second kappa shape index (κ2) is 10.0. The third-order valence-corrected chi connectivity index (χ3v) is 5.08. The smallest absolute Gasteiger partial charge is 0.186 e. The minimum atomic E-state index is -1.71. The van der Waals surface area contributed by atoms with Gasteiger partial charge in [0.2, 0.25) is 0 Å². The molecule has 0 saturated carbocycles. The molecule has 0 aliphatic carbocycles.